The van der Waals surface area contributed by atoms with E-state index in [0.29, 0.717) is 18.6 Å². The van der Waals surface area contributed by atoms with Crippen LogP contribution in [0.15, 0.2) is 24.3 Å². The Hall–Kier alpha value is -2.77. The molecule has 0 aromatic heterocycles. The van der Waals surface area contributed by atoms with Crippen LogP contribution in [0.3, 0.4) is 0 Å². The number of carbonyl (C=O) groups excluding carboxylic acids is 3. The van der Waals surface area contributed by atoms with Gasteiger partial charge in [-0.1, -0.05) is 12.8 Å². The number of likely N-dealkylation sites (tertiary alicyclic amines) is 2. The first-order chi connectivity index (χ1) is 16.9. The molecule has 2 N–H and O–H groups in total. The minimum Gasteiger partial charge on any atom is -0.494 e. The molecule has 3 aliphatic heterocycles. The predicted octanol–water partition coefficient (Wildman–Crippen LogP) is 3.56. The average Bonchev–Trinajstić information content (AvgIpc) is 3.41. The molecule has 4 rings (SSSR count). The molecular formula is C27H40N4O4. The SMILES string of the molecule is CCOc1ccc(C(=O)N2CCC3(CCN(C(=O)CCCCC[C@H]4NC(=O)N[C@H]4C)C3)CC2)cc1. The Labute approximate surface area is 208 Å². The summed E-state index contributed by atoms with van der Waals surface area (Å²) < 4.78 is 5.47. The molecule has 0 unspecified atom stereocenters. The molecule has 8 heteroatoms. The smallest absolute Gasteiger partial charge is 0.315 e. The van der Waals surface area contributed by atoms with Crippen molar-refractivity contribution >= 4 is 17.8 Å². The van der Waals surface area contributed by atoms with Crippen LogP contribution in [-0.4, -0.2) is 72.5 Å². The molecule has 1 aromatic rings. The molecular weight excluding hydrogens is 444 g/mol. The van der Waals surface area contributed by atoms with Gasteiger partial charge < -0.3 is 25.2 Å². The summed E-state index contributed by atoms with van der Waals surface area (Å²) in [5, 5.41) is 5.83. The molecule has 2 atom stereocenters. The highest BCUT2D eigenvalue weighted by molar-refractivity contribution is 5.94. The lowest BCUT2D eigenvalue weighted by Gasteiger charge is -2.39. The van der Waals surface area contributed by atoms with Crippen molar-refractivity contribution < 1.29 is 19.1 Å². The summed E-state index contributed by atoms with van der Waals surface area (Å²) >= 11 is 0. The number of hydrogen-bond donors (Lipinski definition) is 2. The number of benzene rings is 1. The molecule has 1 spiro atoms. The Morgan fingerprint density at radius 2 is 1.69 bits per heavy atom. The summed E-state index contributed by atoms with van der Waals surface area (Å²) in [5.41, 5.74) is 0.864. The van der Waals surface area contributed by atoms with Gasteiger partial charge in [-0.25, -0.2) is 4.79 Å². The molecule has 0 radical (unpaired) electrons. The first kappa shape index (κ1) is 25.3. The van der Waals surface area contributed by atoms with Crippen molar-refractivity contribution in [2.24, 2.45) is 5.41 Å². The lowest BCUT2D eigenvalue weighted by molar-refractivity contribution is -0.130. The molecule has 3 aliphatic rings. The summed E-state index contributed by atoms with van der Waals surface area (Å²) in [5.74, 6) is 1.13. The van der Waals surface area contributed by atoms with Gasteiger partial charge in [-0.15, -0.1) is 0 Å². The maximum atomic E-state index is 12.9. The Morgan fingerprint density at radius 3 is 2.31 bits per heavy atom. The Kier molecular flexibility index (Phi) is 8.19. The van der Waals surface area contributed by atoms with Gasteiger partial charge in [0.05, 0.1) is 12.6 Å². The number of nitrogens with one attached hydrogen (secondary N) is 2. The third-order valence-corrected chi connectivity index (χ3v) is 8.00. The van der Waals surface area contributed by atoms with E-state index < -0.39 is 0 Å². The lowest BCUT2D eigenvalue weighted by atomic mass is 9.77. The molecule has 1 aromatic carbocycles. The number of urea groups is 1. The molecule has 192 valence electrons. The van der Waals surface area contributed by atoms with Gasteiger partial charge in [0.1, 0.15) is 5.75 Å². The Balaban J connectivity index is 1.15. The normalized spacial score (nSPS) is 23.3. The number of ether oxygens (including phenoxy) is 1. The van der Waals surface area contributed by atoms with Gasteiger partial charge in [0.25, 0.3) is 5.91 Å². The van der Waals surface area contributed by atoms with Crippen LogP contribution in [0.1, 0.15) is 75.6 Å². The van der Waals surface area contributed by atoms with Gasteiger partial charge in [0.15, 0.2) is 0 Å². The van der Waals surface area contributed by atoms with Crippen molar-refractivity contribution in [3.8, 4) is 5.75 Å². The summed E-state index contributed by atoms with van der Waals surface area (Å²) in [4.78, 5) is 41.1. The van der Waals surface area contributed by atoms with E-state index in [1.165, 1.54) is 0 Å². The molecule has 3 heterocycles. The topological polar surface area (TPSA) is 91.0 Å². The number of rotatable bonds is 9. The maximum absolute atomic E-state index is 12.9. The zero-order valence-corrected chi connectivity index (χ0v) is 21.2. The fourth-order valence-electron chi connectivity index (χ4n) is 5.72. The van der Waals surface area contributed by atoms with Crippen LogP contribution in [0.5, 0.6) is 5.75 Å². The molecule has 0 aliphatic carbocycles. The van der Waals surface area contributed by atoms with Crippen molar-refractivity contribution in [2.45, 2.75) is 77.3 Å². The number of unbranched alkanes of at least 4 members (excludes halogenated alkanes) is 2. The molecule has 3 saturated heterocycles. The summed E-state index contributed by atoms with van der Waals surface area (Å²) in [6.07, 6.45) is 7.43. The van der Waals surface area contributed by atoms with E-state index in [9.17, 15) is 14.4 Å². The van der Waals surface area contributed by atoms with Crippen molar-refractivity contribution in [1.82, 2.24) is 20.4 Å². The molecule has 4 amide bonds. The van der Waals surface area contributed by atoms with Crippen LogP contribution in [0, 0.1) is 5.41 Å². The number of amides is 4. The number of carbonyl (C=O) groups is 3. The Morgan fingerprint density at radius 1 is 1.00 bits per heavy atom. The number of hydrogen-bond acceptors (Lipinski definition) is 4. The van der Waals surface area contributed by atoms with Gasteiger partial charge in [-0.05, 0) is 75.6 Å². The number of nitrogens with zero attached hydrogens (tertiary/aromatic N) is 2. The standard InChI is InChI=1S/C27H40N4O4/c1-3-35-22-11-9-21(10-12-22)25(33)30-16-13-27(14-17-30)15-18-31(19-27)24(32)8-6-4-5-7-23-20(2)28-26(34)29-23/h9-12,20,23H,3-8,13-19H2,1-2H3,(H2,28,29,34)/t20-,23+/m0/s1. The average molecular weight is 485 g/mol. The van der Waals surface area contributed by atoms with Gasteiger partial charge in [0, 0.05) is 44.2 Å². The predicted molar refractivity (Wildman–Crippen MR) is 134 cm³/mol. The van der Waals surface area contributed by atoms with Crippen LogP contribution in [-0.2, 0) is 4.79 Å². The second-order valence-electron chi connectivity index (χ2n) is 10.4. The van der Waals surface area contributed by atoms with E-state index in [2.05, 4.69) is 10.6 Å². The molecule has 8 nitrogen and oxygen atoms in total. The van der Waals surface area contributed by atoms with Crippen molar-refractivity contribution in [3.05, 3.63) is 29.8 Å². The third-order valence-electron chi connectivity index (χ3n) is 8.00. The van der Waals surface area contributed by atoms with E-state index in [4.69, 9.17) is 4.74 Å². The minimum atomic E-state index is -0.0768. The molecule has 0 saturated carbocycles. The first-order valence-corrected chi connectivity index (χ1v) is 13.3. The quantitative estimate of drug-likeness (QED) is 0.525. The van der Waals surface area contributed by atoms with E-state index >= 15 is 0 Å². The Bertz CT molecular complexity index is 895. The van der Waals surface area contributed by atoms with E-state index in [1.54, 1.807) is 0 Å². The second kappa shape index (κ2) is 11.3. The molecule has 0 bridgehead atoms. The van der Waals surface area contributed by atoms with Crippen LogP contribution in [0.4, 0.5) is 4.79 Å². The van der Waals surface area contributed by atoms with Gasteiger partial charge in [-0.2, -0.15) is 0 Å². The van der Waals surface area contributed by atoms with Crippen molar-refractivity contribution in [3.63, 3.8) is 0 Å². The third kappa shape index (κ3) is 6.27. The van der Waals surface area contributed by atoms with Crippen molar-refractivity contribution in [1.29, 1.82) is 0 Å². The molecule has 3 fully saturated rings. The van der Waals surface area contributed by atoms with E-state index in [1.807, 2.05) is 47.9 Å². The van der Waals surface area contributed by atoms with Gasteiger partial charge >= 0.3 is 6.03 Å². The minimum absolute atomic E-state index is 0.0768. The van der Waals surface area contributed by atoms with Gasteiger partial charge in [-0.3, -0.25) is 9.59 Å². The highest BCUT2D eigenvalue weighted by Crippen LogP contribution is 2.41. The number of piperidine rings is 1. The van der Waals surface area contributed by atoms with Gasteiger partial charge in [0.2, 0.25) is 5.91 Å². The zero-order chi connectivity index (χ0) is 24.8. The molecule has 35 heavy (non-hydrogen) atoms. The second-order valence-corrected chi connectivity index (χ2v) is 10.4. The van der Waals surface area contributed by atoms with Crippen LogP contribution >= 0.6 is 0 Å². The van der Waals surface area contributed by atoms with Crippen molar-refractivity contribution in [2.75, 3.05) is 32.8 Å². The highest BCUT2D eigenvalue weighted by Gasteiger charge is 2.42. The monoisotopic (exact) mass is 484 g/mol. The lowest BCUT2D eigenvalue weighted by Crippen LogP contribution is -2.44. The first-order valence-electron chi connectivity index (χ1n) is 13.3. The van der Waals surface area contributed by atoms with E-state index in [0.717, 1.165) is 76.9 Å². The summed E-state index contributed by atoms with van der Waals surface area (Å²) in [7, 11) is 0. The maximum Gasteiger partial charge on any atom is 0.315 e. The fourth-order valence-corrected chi connectivity index (χ4v) is 5.72. The van der Waals surface area contributed by atoms with Crippen LogP contribution in [0.2, 0.25) is 0 Å². The van der Waals surface area contributed by atoms with E-state index in [-0.39, 0.29) is 35.3 Å². The summed E-state index contributed by atoms with van der Waals surface area (Å²) in [6.45, 7) is 7.74. The highest BCUT2D eigenvalue weighted by atomic mass is 16.5. The largest absolute Gasteiger partial charge is 0.494 e. The van der Waals surface area contributed by atoms with Crippen LogP contribution in [0.25, 0.3) is 0 Å². The fraction of sp³-hybridized carbons (Fsp3) is 0.667. The summed E-state index contributed by atoms with van der Waals surface area (Å²) in [6, 6.07) is 7.69. The zero-order valence-electron chi connectivity index (χ0n) is 21.2. The van der Waals surface area contributed by atoms with Crippen LogP contribution < -0.4 is 15.4 Å².